The number of aliphatic hydroxyl groups excluding tert-OH is 2. The predicted octanol–water partition coefficient (Wildman–Crippen LogP) is 1.05. The summed E-state index contributed by atoms with van der Waals surface area (Å²) in [5.74, 6) is -2.65. The zero-order valence-electron chi connectivity index (χ0n) is 16.1. The van der Waals surface area contributed by atoms with Crippen LogP contribution in [0.4, 0.5) is 17.6 Å². The Kier molecular flexibility index (Phi) is 5.65. The molecule has 5 N–H and O–H groups in total. The SMILES string of the molecule is CC(C)(C)[C@@H](c1ccc(C(F)(F)F)c(F)c1)N1NC(CO)C2C(=O)NC(O)NC21. The minimum Gasteiger partial charge on any atom is -0.395 e. The summed E-state index contributed by atoms with van der Waals surface area (Å²) >= 11 is 0. The number of rotatable bonds is 3. The molecular weight excluding hydrogens is 396 g/mol. The molecule has 2 saturated heterocycles. The van der Waals surface area contributed by atoms with E-state index in [0.717, 1.165) is 6.07 Å². The molecule has 0 spiro atoms. The van der Waals surface area contributed by atoms with Gasteiger partial charge in [-0.15, -0.1) is 0 Å². The highest BCUT2D eigenvalue weighted by atomic mass is 19.4. The second-order valence-corrected chi connectivity index (χ2v) is 8.38. The van der Waals surface area contributed by atoms with Crippen LogP contribution in [-0.2, 0) is 11.0 Å². The van der Waals surface area contributed by atoms with E-state index in [9.17, 15) is 32.6 Å². The molecule has 0 radical (unpaired) electrons. The van der Waals surface area contributed by atoms with E-state index in [1.807, 2.05) is 20.8 Å². The highest BCUT2D eigenvalue weighted by Gasteiger charge is 2.53. The zero-order valence-corrected chi connectivity index (χ0v) is 16.1. The molecule has 0 aliphatic carbocycles. The third-order valence-corrected chi connectivity index (χ3v) is 5.21. The molecule has 5 atom stereocenters. The van der Waals surface area contributed by atoms with E-state index < -0.39 is 59.4 Å². The second kappa shape index (κ2) is 7.47. The van der Waals surface area contributed by atoms with E-state index in [1.54, 1.807) is 5.01 Å². The lowest BCUT2D eigenvalue weighted by atomic mass is 9.81. The van der Waals surface area contributed by atoms with Gasteiger partial charge in [-0.1, -0.05) is 26.8 Å². The van der Waals surface area contributed by atoms with Gasteiger partial charge in [-0.05, 0) is 23.1 Å². The average Bonchev–Trinajstić information content (AvgIpc) is 2.91. The third-order valence-electron chi connectivity index (χ3n) is 5.21. The summed E-state index contributed by atoms with van der Waals surface area (Å²) in [6.45, 7) is 5.06. The van der Waals surface area contributed by atoms with E-state index in [1.165, 1.54) is 6.07 Å². The van der Waals surface area contributed by atoms with Gasteiger partial charge in [0.25, 0.3) is 0 Å². The van der Waals surface area contributed by atoms with Crippen molar-refractivity contribution in [3.05, 3.63) is 35.1 Å². The zero-order chi connectivity index (χ0) is 21.7. The Balaban J connectivity index is 2.04. The van der Waals surface area contributed by atoms with Crippen LogP contribution in [0.2, 0.25) is 0 Å². The van der Waals surface area contributed by atoms with Crippen molar-refractivity contribution in [3.63, 3.8) is 0 Å². The molecule has 1 aromatic rings. The molecule has 29 heavy (non-hydrogen) atoms. The second-order valence-electron chi connectivity index (χ2n) is 8.38. The van der Waals surface area contributed by atoms with Crippen LogP contribution in [0.25, 0.3) is 0 Å². The maximum absolute atomic E-state index is 14.3. The molecular formula is C18H24F4N4O3. The summed E-state index contributed by atoms with van der Waals surface area (Å²) in [6.07, 6.45) is -6.92. The fourth-order valence-corrected chi connectivity index (χ4v) is 4.09. The Labute approximate surface area is 165 Å². The lowest BCUT2D eigenvalue weighted by Crippen LogP contribution is -2.65. The number of alkyl halides is 3. The molecule has 0 bridgehead atoms. The van der Waals surface area contributed by atoms with Crippen LogP contribution in [0, 0.1) is 17.2 Å². The molecule has 3 rings (SSSR count). The first-order chi connectivity index (χ1) is 13.3. The predicted molar refractivity (Wildman–Crippen MR) is 94.0 cm³/mol. The van der Waals surface area contributed by atoms with E-state index in [4.69, 9.17) is 0 Å². The maximum Gasteiger partial charge on any atom is 0.419 e. The van der Waals surface area contributed by atoms with Crippen LogP contribution >= 0.6 is 0 Å². The number of carbonyl (C=O) groups is 1. The van der Waals surface area contributed by atoms with Gasteiger partial charge < -0.3 is 15.5 Å². The lowest BCUT2D eigenvalue weighted by molar-refractivity contribution is -0.140. The topological polar surface area (TPSA) is 96.9 Å². The minimum absolute atomic E-state index is 0.259. The van der Waals surface area contributed by atoms with E-state index in [0.29, 0.717) is 6.07 Å². The molecule has 1 amide bonds. The van der Waals surface area contributed by atoms with Gasteiger partial charge in [-0.25, -0.2) is 14.8 Å². The average molecular weight is 420 g/mol. The largest absolute Gasteiger partial charge is 0.419 e. The Morgan fingerprint density at radius 3 is 2.41 bits per heavy atom. The Hall–Kier alpha value is -1.79. The molecule has 0 saturated carbocycles. The van der Waals surface area contributed by atoms with Crippen molar-refractivity contribution in [2.24, 2.45) is 11.3 Å². The van der Waals surface area contributed by atoms with Crippen LogP contribution in [-0.4, -0.2) is 46.3 Å². The fourth-order valence-electron chi connectivity index (χ4n) is 4.09. The Morgan fingerprint density at radius 1 is 1.24 bits per heavy atom. The number of carbonyl (C=O) groups excluding carboxylic acids is 1. The molecule has 162 valence electrons. The standard InChI is InChI=1S/C18H24F4N4O3/c1-17(2,3)13(8-4-5-9(10(19)6-8)18(20,21)22)26-14-12(11(7-27)25-26)15(28)24-16(29)23-14/h4-6,11-14,16,23,25,27,29H,7H2,1-3H3,(H,24,28)/t11?,12?,13-,14?,16?/m1/s1. The highest BCUT2D eigenvalue weighted by Crippen LogP contribution is 2.43. The first kappa shape index (κ1) is 21.9. The van der Waals surface area contributed by atoms with Gasteiger partial charge in [0.05, 0.1) is 36.3 Å². The normalized spacial score (nSPS) is 29.5. The van der Waals surface area contributed by atoms with Crippen molar-refractivity contribution in [1.29, 1.82) is 0 Å². The van der Waals surface area contributed by atoms with E-state index >= 15 is 0 Å². The fraction of sp³-hybridized carbons (Fsp3) is 0.611. The van der Waals surface area contributed by atoms with Crippen molar-refractivity contribution < 1.29 is 32.6 Å². The molecule has 7 nitrogen and oxygen atoms in total. The van der Waals surface area contributed by atoms with E-state index in [-0.39, 0.29) is 12.2 Å². The smallest absolute Gasteiger partial charge is 0.395 e. The van der Waals surface area contributed by atoms with Gasteiger partial charge in [-0.3, -0.25) is 10.1 Å². The number of hydrogen-bond donors (Lipinski definition) is 5. The summed E-state index contributed by atoms with van der Waals surface area (Å²) in [6, 6.07) is 1.35. The van der Waals surface area contributed by atoms with Gasteiger partial charge in [0, 0.05) is 0 Å². The van der Waals surface area contributed by atoms with Crippen LogP contribution in [0.1, 0.15) is 37.9 Å². The number of fused-ring (bicyclic) bond motifs is 1. The molecule has 2 aliphatic rings. The Morgan fingerprint density at radius 2 is 1.90 bits per heavy atom. The summed E-state index contributed by atoms with van der Waals surface area (Å²) in [4.78, 5) is 12.3. The third kappa shape index (κ3) is 4.10. The number of benzene rings is 1. The number of nitrogens with zero attached hydrogens (tertiary/aromatic N) is 1. The number of hydrazine groups is 1. The monoisotopic (exact) mass is 420 g/mol. The van der Waals surface area contributed by atoms with Crippen LogP contribution in [0.5, 0.6) is 0 Å². The van der Waals surface area contributed by atoms with Crippen molar-refractivity contribution in [2.45, 2.75) is 51.5 Å². The highest BCUT2D eigenvalue weighted by molar-refractivity contribution is 5.81. The molecule has 2 fully saturated rings. The lowest BCUT2D eigenvalue weighted by Gasteiger charge is -2.43. The number of nitrogens with one attached hydrogen (secondary N) is 3. The number of hydrogen-bond acceptors (Lipinski definition) is 6. The number of halogens is 4. The van der Waals surface area contributed by atoms with Gasteiger partial charge in [0.1, 0.15) is 5.82 Å². The van der Waals surface area contributed by atoms with Gasteiger partial charge >= 0.3 is 6.18 Å². The molecule has 0 aromatic heterocycles. The minimum atomic E-state index is -4.81. The van der Waals surface area contributed by atoms with Gasteiger partial charge in [-0.2, -0.15) is 13.2 Å². The summed E-state index contributed by atoms with van der Waals surface area (Å²) in [7, 11) is 0. The van der Waals surface area contributed by atoms with Gasteiger partial charge in [0.15, 0.2) is 6.35 Å². The quantitative estimate of drug-likeness (QED) is 0.469. The summed E-state index contributed by atoms with van der Waals surface area (Å²) in [5.41, 5.74) is 1.29. The van der Waals surface area contributed by atoms with Crippen molar-refractivity contribution >= 4 is 5.91 Å². The molecule has 1 aromatic carbocycles. The molecule has 4 unspecified atom stereocenters. The Bertz CT molecular complexity index is 783. The first-order valence-electron chi connectivity index (χ1n) is 9.11. The van der Waals surface area contributed by atoms with Gasteiger partial charge in [0.2, 0.25) is 5.91 Å². The molecule has 2 aliphatic heterocycles. The van der Waals surface area contributed by atoms with Crippen LogP contribution < -0.4 is 16.1 Å². The maximum atomic E-state index is 14.3. The summed E-state index contributed by atoms with van der Waals surface area (Å²) in [5, 5.41) is 26.3. The van der Waals surface area contributed by atoms with Crippen molar-refractivity contribution in [3.8, 4) is 0 Å². The first-order valence-corrected chi connectivity index (χ1v) is 9.11. The van der Waals surface area contributed by atoms with Crippen molar-refractivity contribution in [1.82, 2.24) is 21.1 Å². The van der Waals surface area contributed by atoms with Crippen LogP contribution in [0.15, 0.2) is 18.2 Å². The van der Waals surface area contributed by atoms with E-state index in [2.05, 4.69) is 16.1 Å². The molecule has 2 heterocycles. The summed E-state index contributed by atoms with van der Waals surface area (Å²) < 4.78 is 53.1. The van der Waals surface area contributed by atoms with Crippen LogP contribution in [0.3, 0.4) is 0 Å². The molecule has 11 heteroatoms. The van der Waals surface area contributed by atoms with Crippen molar-refractivity contribution in [2.75, 3.05) is 6.61 Å². The number of amides is 1. The number of aliphatic hydroxyl groups is 2.